The van der Waals surface area contributed by atoms with E-state index in [-0.39, 0.29) is 11.9 Å². The standard InChI is InChI=1S/C17H22N4O/c1-13(18)15-4-2-10-20(12-15)17(22)14-5-7-16(8-6-14)21-11-3-9-19-21/h3,5-9,11,13,15H,2,4,10,12,18H2,1H3. The van der Waals surface area contributed by atoms with Crippen molar-refractivity contribution in [2.45, 2.75) is 25.8 Å². The van der Waals surface area contributed by atoms with Crippen molar-refractivity contribution in [3.63, 3.8) is 0 Å². The van der Waals surface area contributed by atoms with E-state index in [0.717, 1.165) is 37.2 Å². The van der Waals surface area contributed by atoms with E-state index >= 15 is 0 Å². The van der Waals surface area contributed by atoms with E-state index in [9.17, 15) is 4.79 Å². The molecule has 1 aliphatic heterocycles. The SMILES string of the molecule is CC(N)C1CCCN(C(=O)c2ccc(-n3cccn3)cc2)C1. The number of nitrogens with zero attached hydrogens (tertiary/aromatic N) is 3. The van der Waals surface area contributed by atoms with Crippen LogP contribution >= 0.6 is 0 Å². The zero-order valence-electron chi connectivity index (χ0n) is 12.9. The molecule has 2 unspecified atom stereocenters. The highest BCUT2D eigenvalue weighted by Crippen LogP contribution is 2.21. The summed E-state index contributed by atoms with van der Waals surface area (Å²) < 4.78 is 1.78. The van der Waals surface area contributed by atoms with E-state index in [1.807, 2.05) is 48.4 Å². The molecular weight excluding hydrogens is 276 g/mol. The number of carbonyl (C=O) groups excluding carboxylic acids is 1. The minimum Gasteiger partial charge on any atom is -0.338 e. The van der Waals surface area contributed by atoms with Gasteiger partial charge in [-0.05, 0) is 56.0 Å². The van der Waals surface area contributed by atoms with Crippen LogP contribution in [0.2, 0.25) is 0 Å². The van der Waals surface area contributed by atoms with Gasteiger partial charge in [0.05, 0.1) is 5.69 Å². The fraction of sp³-hybridized carbons (Fsp3) is 0.412. The van der Waals surface area contributed by atoms with E-state index in [4.69, 9.17) is 5.73 Å². The second-order valence-corrected chi connectivity index (χ2v) is 6.01. The summed E-state index contributed by atoms with van der Waals surface area (Å²) in [6.45, 7) is 3.61. The topological polar surface area (TPSA) is 64.2 Å². The molecule has 22 heavy (non-hydrogen) atoms. The van der Waals surface area contributed by atoms with Crippen LogP contribution < -0.4 is 5.73 Å². The van der Waals surface area contributed by atoms with Crippen molar-refractivity contribution >= 4 is 5.91 Å². The lowest BCUT2D eigenvalue weighted by Gasteiger charge is -2.34. The summed E-state index contributed by atoms with van der Waals surface area (Å²) in [5.74, 6) is 0.499. The van der Waals surface area contributed by atoms with Gasteiger partial charge < -0.3 is 10.6 Å². The summed E-state index contributed by atoms with van der Waals surface area (Å²) in [6.07, 6.45) is 5.76. The van der Waals surface area contributed by atoms with Gasteiger partial charge in [0.1, 0.15) is 0 Å². The van der Waals surface area contributed by atoms with Crippen LogP contribution in [0.15, 0.2) is 42.7 Å². The van der Waals surface area contributed by atoms with E-state index in [1.165, 1.54) is 0 Å². The fourth-order valence-electron chi connectivity index (χ4n) is 2.98. The second-order valence-electron chi connectivity index (χ2n) is 6.01. The van der Waals surface area contributed by atoms with Crippen LogP contribution in [-0.4, -0.2) is 39.7 Å². The lowest BCUT2D eigenvalue weighted by molar-refractivity contribution is 0.0661. The van der Waals surface area contributed by atoms with Gasteiger partial charge >= 0.3 is 0 Å². The van der Waals surface area contributed by atoms with Crippen LogP contribution in [-0.2, 0) is 0 Å². The molecule has 1 aromatic carbocycles. The molecule has 1 aromatic heterocycles. The molecule has 1 fully saturated rings. The van der Waals surface area contributed by atoms with E-state index in [1.54, 1.807) is 10.9 Å². The molecule has 2 atom stereocenters. The molecule has 0 radical (unpaired) electrons. The zero-order chi connectivity index (χ0) is 15.5. The van der Waals surface area contributed by atoms with Crippen molar-refractivity contribution < 1.29 is 4.79 Å². The van der Waals surface area contributed by atoms with Gasteiger partial charge in [-0.2, -0.15) is 5.10 Å². The molecule has 0 aliphatic carbocycles. The third kappa shape index (κ3) is 3.04. The molecule has 1 saturated heterocycles. The van der Waals surface area contributed by atoms with Crippen LogP contribution in [0.3, 0.4) is 0 Å². The lowest BCUT2D eigenvalue weighted by Crippen LogP contribution is -2.45. The fourth-order valence-corrected chi connectivity index (χ4v) is 2.98. The zero-order valence-corrected chi connectivity index (χ0v) is 12.9. The molecule has 116 valence electrons. The van der Waals surface area contributed by atoms with Crippen molar-refractivity contribution in [1.82, 2.24) is 14.7 Å². The molecule has 5 nitrogen and oxygen atoms in total. The Morgan fingerprint density at radius 1 is 1.36 bits per heavy atom. The number of amides is 1. The highest BCUT2D eigenvalue weighted by atomic mass is 16.2. The van der Waals surface area contributed by atoms with Gasteiger partial charge in [0.25, 0.3) is 5.91 Å². The van der Waals surface area contributed by atoms with Crippen molar-refractivity contribution in [2.75, 3.05) is 13.1 Å². The first-order valence-electron chi connectivity index (χ1n) is 7.80. The largest absolute Gasteiger partial charge is 0.338 e. The summed E-state index contributed by atoms with van der Waals surface area (Å²) in [7, 11) is 0. The quantitative estimate of drug-likeness (QED) is 0.943. The monoisotopic (exact) mass is 298 g/mol. The van der Waals surface area contributed by atoms with Crippen LogP contribution in [0.4, 0.5) is 0 Å². The highest BCUT2D eigenvalue weighted by Gasteiger charge is 2.26. The van der Waals surface area contributed by atoms with Gasteiger partial charge in [0.15, 0.2) is 0 Å². The van der Waals surface area contributed by atoms with Gasteiger partial charge in [-0.1, -0.05) is 0 Å². The molecule has 5 heteroatoms. The average Bonchev–Trinajstić information content (AvgIpc) is 3.09. The lowest BCUT2D eigenvalue weighted by atomic mass is 9.92. The summed E-state index contributed by atoms with van der Waals surface area (Å²) >= 11 is 0. The van der Waals surface area contributed by atoms with E-state index < -0.39 is 0 Å². The van der Waals surface area contributed by atoms with Crippen LogP contribution in [0.5, 0.6) is 0 Å². The molecule has 2 aromatic rings. The Morgan fingerprint density at radius 3 is 2.77 bits per heavy atom. The van der Waals surface area contributed by atoms with E-state index in [2.05, 4.69) is 5.10 Å². The number of rotatable bonds is 3. The predicted octanol–water partition coefficient (Wildman–Crippen LogP) is 2.07. The maximum atomic E-state index is 12.6. The van der Waals surface area contributed by atoms with Gasteiger partial charge in [-0.25, -0.2) is 4.68 Å². The number of carbonyl (C=O) groups is 1. The second kappa shape index (κ2) is 6.32. The Kier molecular flexibility index (Phi) is 4.24. The van der Waals surface area contributed by atoms with Gasteiger partial charge in [0, 0.05) is 37.1 Å². The molecule has 0 spiro atoms. The van der Waals surface area contributed by atoms with Crippen molar-refractivity contribution in [3.8, 4) is 5.69 Å². The van der Waals surface area contributed by atoms with Crippen molar-refractivity contribution in [3.05, 3.63) is 48.3 Å². The molecule has 0 saturated carbocycles. The smallest absolute Gasteiger partial charge is 0.253 e. The third-order valence-electron chi connectivity index (χ3n) is 4.37. The minimum absolute atomic E-state index is 0.0948. The molecule has 0 bridgehead atoms. The Balaban J connectivity index is 1.72. The normalized spacial score (nSPS) is 19.9. The molecule has 2 N–H and O–H groups in total. The molecule has 3 rings (SSSR count). The maximum Gasteiger partial charge on any atom is 0.253 e. The first-order valence-corrected chi connectivity index (χ1v) is 7.80. The highest BCUT2D eigenvalue weighted by molar-refractivity contribution is 5.94. The van der Waals surface area contributed by atoms with Crippen LogP contribution in [0.25, 0.3) is 5.69 Å². The number of hydrogen-bond donors (Lipinski definition) is 1. The number of benzene rings is 1. The summed E-state index contributed by atoms with van der Waals surface area (Å²) in [6, 6.07) is 9.60. The van der Waals surface area contributed by atoms with E-state index in [0.29, 0.717) is 5.92 Å². The number of piperidine rings is 1. The first-order chi connectivity index (χ1) is 10.6. The Labute approximate surface area is 130 Å². The van der Waals surface area contributed by atoms with Crippen molar-refractivity contribution in [1.29, 1.82) is 0 Å². The number of likely N-dealkylation sites (tertiary alicyclic amines) is 1. The first kappa shape index (κ1) is 14.8. The van der Waals surface area contributed by atoms with Crippen LogP contribution in [0.1, 0.15) is 30.1 Å². The number of hydrogen-bond acceptors (Lipinski definition) is 3. The Hall–Kier alpha value is -2.14. The number of nitrogens with two attached hydrogens (primary N) is 1. The van der Waals surface area contributed by atoms with Gasteiger partial charge in [0.2, 0.25) is 0 Å². The molecular formula is C17H22N4O. The summed E-state index contributed by atoms with van der Waals surface area (Å²) in [5.41, 5.74) is 7.67. The summed E-state index contributed by atoms with van der Waals surface area (Å²) in [4.78, 5) is 14.6. The Bertz CT molecular complexity index is 619. The molecule has 1 amide bonds. The average molecular weight is 298 g/mol. The predicted molar refractivity (Wildman–Crippen MR) is 85.8 cm³/mol. The van der Waals surface area contributed by atoms with Gasteiger partial charge in [-0.15, -0.1) is 0 Å². The summed E-state index contributed by atoms with van der Waals surface area (Å²) in [5, 5.41) is 4.19. The maximum absolute atomic E-state index is 12.6. The minimum atomic E-state index is 0.0948. The Morgan fingerprint density at radius 2 is 2.14 bits per heavy atom. The third-order valence-corrected chi connectivity index (χ3v) is 4.37. The van der Waals surface area contributed by atoms with Crippen molar-refractivity contribution in [2.24, 2.45) is 11.7 Å². The number of aromatic nitrogens is 2. The molecule has 1 aliphatic rings. The van der Waals surface area contributed by atoms with Crippen LogP contribution in [0, 0.1) is 5.92 Å². The molecule has 2 heterocycles. The van der Waals surface area contributed by atoms with Gasteiger partial charge in [-0.3, -0.25) is 4.79 Å².